The summed E-state index contributed by atoms with van der Waals surface area (Å²) in [7, 11) is 1.82. The Labute approximate surface area is 139 Å². The van der Waals surface area contributed by atoms with E-state index in [0.29, 0.717) is 22.3 Å². The molecule has 1 aliphatic rings. The molecule has 3 rings (SSSR count). The van der Waals surface area contributed by atoms with Crippen molar-refractivity contribution in [2.75, 3.05) is 20.2 Å². The smallest absolute Gasteiger partial charge is 0.265 e. The van der Waals surface area contributed by atoms with Gasteiger partial charge in [0, 0.05) is 32.6 Å². The van der Waals surface area contributed by atoms with Crippen LogP contribution in [-0.2, 0) is 4.74 Å². The summed E-state index contributed by atoms with van der Waals surface area (Å²) in [5, 5.41) is 0.675. The lowest BCUT2D eigenvalue weighted by atomic mass is 10.1. The second-order valence-corrected chi connectivity index (χ2v) is 6.68. The van der Waals surface area contributed by atoms with E-state index in [9.17, 15) is 4.79 Å². The number of ether oxygens (including phenoxy) is 1. The molecule has 7 heteroatoms. The molecule has 0 saturated carbocycles. The molecule has 0 aliphatic carbocycles. The van der Waals surface area contributed by atoms with Crippen molar-refractivity contribution in [3.8, 4) is 10.8 Å². The highest BCUT2D eigenvalue weighted by atomic mass is 32.1. The van der Waals surface area contributed by atoms with Crippen molar-refractivity contribution in [2.24, 2.45) is 0 Å². The zero-order chi connectivity index (χ0) is 16.2. The van der Waals surface area contributed by atoms with Gasteiger partial charge in [0.25, 0.3) is 5.91 Å². The van der Waals surface area contributed by atoms with Crippen molar-refractivity contribution >= 4 is 17.2 Å². The largest absolute Gasteiger partial charge is 0.376 e. The minimum absolute atomic E-state index is 0.0173. The van der Waals surface area contributed by atoms with Gasteiger partial charge in [-0.3, -0.25) is 4.79 Å². The Morgan fingerprint density at radius 1 is 1.39 bits per heavy atom. The van der Waals surface area contributed by atoms with Crippen molar-refractivity contribution in [1.82, 2.24) is 19.9 Å². The third-order valence-electron chi connectivity index (χ3n) is 3.85. The monoisotopic (exact) mass is 332 g/mol. The SMILES string of the molecule is Cc1nc(-c2ncccn2)sc1C(=O)N(C)CC1CCCCO1. The van der Waals surface area contributed by atoms with Gasteiger partial charge in [-0.05, 0) is 32.3 Å². The lowest BCUT2D eigenvalue weighted by Crippen LogP contribution is -2.37. The number of hydrogen-bond donors (Lipinski definition) is 0. The summed E-state index contributed by atoms with van der Waals surface area (Å²) in [4.78, 5) is 27.9. The highest BCUT2D eigenvalue weighted by molar-refractivity contribution is 7.17. The molecule has 0 spiro atoms. The molecule has 6 nitrogen and oxygen atoms in total. The lowest BCUT2D eigenvalue weighted by Gasteiger charge is -2.27. The van der Waals surface area contributed by atoms with E-state index < -0.39 is 0 Å². The first-order chi connectivity index (χ1) is 11.1. The molecule has 0 radical (unpaired) electrons. The number of amides is 1. The molecule has 2 aromatic rings. The van der Waals surface area contributed by atoms with Gasteiger partial charge in [0.1, 0.15) is 4.88 Å². The number of thiazole rings is 1. The van der Waals surface area contributed by atoms with Crippen LogP contribution in [0, 0.1) is 6.92 Å². The van der Waals surface area contributed by atoms with E-state index in [0.717, 1.165) is 25.1 Å². The number of carbonyl (C=O) groups is 1. The van der Waals surface area contributed by atoms with Crippen LogP contribution < -0.4 is 0 Å². The summed E-state index contributed by atoms with van der Waals surface area (Å²) in [5.74, 6) is 0.536. The van der Waals surface area contributed by atoms with Gasteiger partial charge in [0.2, 0.25) is 0 Å². The second kappa shape index (κ2) is 7.14. The molecule has 0 bridgehead atoms. The third kappa shape index (κ3) is 3.73. The molecule has 1 fully saturated rings. The Morgan fingerprint density at radius 2 is 2.17 bits per heavy atom. The molecular weight excluding hydrogens is 312 g/mol. The van der Waals surface area contributed by atoms with Crippen LogP contribution in [0.4, 0.5) is 0 Å². The van der Waals surface area contributed by atoms with Gasteiger partial charge in [-0.25, -0.2) is 15.0 Å². The Kier molecular flexibility index (Phi) is 4.97. The second-order valence-electron chi connectivity index (χ2n) is 5.68. The molecule has 1 unspecified atom stereocenters. The van der Waals surface area contributed by atoms with E-state index in [4.69, 9.17) is 4.74 Å². The summed E-state index contributed by atoms with van der Waals surface area (Å²) in [6.45, 7) is 3.26. The number of aryl methyl sites for hydroxylation is 1. The maximum atomic E-state index is 12.7. The molecule has 0 aromatic carbocycles. The van der Waals surface area contributed by atoms with Crippen LogP contribution in [0.3, 0.4) is 0 Å². The quantitative estimate of drug-likeness (QED) is 0.861. The number of carbonyl (C=O) groups excluding carboxylic acids is 1. The number of aromatic nitrogens is 3. The minimum Gasteiger partial charge on any atom is -0.376 e. The first-order valence-electron chi connectivity index (χ1n) is 7.77. The van der Waals surface area contributed by atoms with Crippen molar-refractivity contribution in [3.63, 3.8) is 0 Å². The van der Waals surface area contributed by atoms with Crippen LogP contribution in [0.5, 0.6) is 0 Å². The van der Waals surface area contributed by atoms with Crippen LogP contribution in [0.1, 0.15) is 34.6 Å². The summed E-state index contributed by atoms with van der Waals surface area (Å²) in [5.41, 5.74) is 0.721. The van der Waals surface area contributed by atoms with Gasteiger partial charge in [-0.1, -0.05) is 0 Å². The van der Waals surface area contributed by atoms with Crippen LogP contribution in [0.2, 0.25) is 0 Å². The van der Waals surface area contributed by atoms with Crippen LogP contribution in [-0.4, -0.2) is 52.1 Å². The van der Waals surface area contributed by atoms with Gasteiger partial charge in [0.05, 0.1) is 11.8 Å². The van der Waals surface area contributed by atoms with Gasteiger partial charge >= 0.3 is 0 Å². The van der Waals surface area contributed by atoms with E-state index in [1.54, 1.807) is 23.4 Å². The fourth-order valence-corrected chi connectivity index (χ4v) is 3.62. The highest BCUT2D eigenvalue weighted by Crippen LogP contribution is 2.26. The first kappa shape index (κ1) is 16.0. The van der Waals surface area contributed by atoms with Crippen LogP contribution in [0.15, 0.2) is 18.5 Å². The number of nitrogens with zero attached hydrogens (tertiary/aromatic N) is 4. The minimum atomic E-state index is -0.0173. The van der Waals surface area contributed by atoms with Crippen molar-refractivity contribution in [3.05, 3.63) is 29.0 Å². The maximum Gasteiger partial charge on any atom is 0.265 e. The van der Waals surface area contributed by atoms with E-state index >= 15 is 0 Å². The van der Waals surface area contributed by atoms with E-state index in [-0.39, 0.29) is 12.0 Å². The lowest BCUT2D eigenvalue weighted by molar-refractivity contribution is -0.000119. The van der Waals surface area contributed by atoms with E-state index in [1.807, 2.05) is 14.0 Å². The predicted octanol–water partition coefficient (Wildman–Crippen LogP) is 2.55. The average molecular weight is 332 g/mol. The fraction of sp³-hybridized carbons (Fsp3) is 0.500. The summed E-state index contributed by atoms with van der Waals surface area (Å²) < 4.78 is 5.71. The van der Waals surface area contributed by atoms with Crippen LogP contribution in [0.25, 0.3) is 10.8 Å². The summed E-state index contributed by atoms with van der Waals surface area (Å²) >= 11 is 1.34. The molecule has 23 heavy (non-hydrogen) atoms. The zero-order valence-electron chi connectivity index (χ0n) is 13.4. The number of rotatable bonds is 4. The normalized spacial score (nSPS) is 17.9. The zero-order valence-corrected chi connectivity index (χ0v) is 14.2. The fourth-order valence-electron chi connectivity index (χ4n) is 2.61. The molecule has 3 heterocycles. The van der Waals surface area contributed by atoms with Crippen molar-refractivity contribution < 1.29 is 9.53 Å². The molecular formula is C16H20N4O2S. The Balaban J connectivity index is 1.73. The van der Waals surface area contributed by atoms with Gasteiger partial charge in [-0.15, -0.1) is 11.3 Å². The molecule has 1 amide bonds. The molecule has 122 valence electrons. The maximum absolute atomic E-state index is 12.7. The Bertz CT molecular complexity index is 668. The van der Waals surface area contributed by atoms with E-state index in [1.165, 1.54) is 17.8 Å². The topological polar surface area (TPSA) is 68.2 Å². The average Bonchev–Trinajstić information content (AvgIpc) is 2.97. The van der Waals surface area contributed by atoms with Gasteiger partial charge < -0.3 is 9.64 Å². The van der Waals surface area contributed by atoms with Gasteiger partial charge in [0.15, 0.2) is 10.8 Å². The number of hydrogen-bond acceptors (Lipinski definition) is 6. The molecule has 1 aliphatic heterocycles. The van der Waals surface area contributed by atoms with Gasteiger partial charge in [-0.2, -0.15) is 0 Å². The first-order valence-corrected chi connectivity index (χ1v) is 8.58. The molecule has 2 aromatic heterocycles. The summed E-state index contributed by atoms with van der Waals surface area (Å²) in [6.07, 6.45) is 6.79. The Morgan fingerprint density at radius 3 is 2.87 bits per heavy atom. The third-order valence-corrected chi connectivity index (χ3v) is 4.99. The van der Waals surface area contributed by atoms with Crippen LogP contribution >= 0.6 is 11.3 Å². The van der Waals surface area contributed by atoms with Crippen molar-refractivity contribution in [2.45, 2.75) is 32.3 Å². The molecule has 1 saturated heterocycles. The Hall–Kier alpha value is -1.86. The van der Waals surface area contributed by atoms with Crippen molar-refractivity contribution in [1.29, 1.82) is 0 Å². The number of likely N-dealkylation sites (N-methyl/N-ethyl adjacent to an activating group) is 1. The highest BCUT2D eigenvalue weighted by Gasteiger charge is 2.23. The molecule has 1 atom stereocenters. The predicted molar refractivity (Wildman–Crippen MR) is 88.4 cm³/mol. The molecule has 0 N–H and O–H groups in total. The standard InChI is InChI=1S/C16H20N4O2S/c1-11-13(23-15(19-11)14-17-7-5-8-18-14)16(21)20(2)10-12-6-3-4-9-22-12/h5,7-8,12H,3-4,6,9-10H2,1-2H3. The van der Waals surface area contributed by atoms with E-state index in [2.05, 4.69) is 15.0 Å². The summed E-state index contributed by atoms with van der Waals surface area (Å²) in [6, 6.07) is 1.76.